The summed E-state index contributed by atoms with van der Waals surface area (Å²) in [6, 6.07) is 11.0. The average molecular weight is 593 g/mol. The maximum atomic E-state index is 14.1. The molecule has 1 aromatic heterocycles. The zero-order valence-corrected chi connectivity index (χ0v) is 23.7. The molecule has 2 heterocycles. The number of ether oxygens (including phenoxy) is 2. The Kier molecular flexibility index (Phi) is 8.85. The number of aromatic amines is 1. The number of aliphatic hydroxyl groups excluding tert-OH is 2. The van der Waals surface area contributed by atoms with Crippen molar-refractivity contribution in [1.29, 1.82) is 0 Å². The molecule has 1 unspecified atom stereocenters. The van der Waals surface area contributed by atoms with Crippen molar-refractivity contribution in [3.63, 3.8) is 0 Å². The lowest BCUT2D eigenvalue weighted by molar-refractivity contribution is -0.149. The number of nitrogens with zero attached hydrogens (tertiary/aromatic N) is 1. The van der Waals surface area contributed by atoms with Crippen LogP contribution in [0.4, 0.5) is 0 Å². The maximum absolute atomic E-state index is 14.1. The highest BCUT2D eigenvalue weighted by Crippen LogP contribution is 2.48. The Morgan fingerprint density at radius 3 is 2.59 bits per heavy atom. The number of carbonyl (C=O) groups is 1. The molecule has 14 nitrogen and oxygen atoms in total. The fourth-order valence-corrected chi connectivity index (χ4v) is 5.78. The van der Waals surface area contributed by atoms with Crippen LogP contribution in [0.1, 0.15) is 32.6 Å². The van der Waals surface area contributed by atoms with E-state index >= 15 is 0 Å². The van der Waals surface area contributed by atoms with Crippen molar-refractivity contribution in [2.75, 3.05) is 6.61 Å². The second kappa shape index (κ2) is 11.9. The summed E-state index contributed by atoms with van der Waals surface area (Å²) in [5, 5.41) is 25.4. The van der Waals surface area contributed by atoms with Gasteiger partial charge in [-0.3, -0.25) is 29.4 Å². The molecule has 1 aliphatic rings. The summed E-state index contributed by atoms with van der Waals surface area (Å²) >= 11 is 0. The van der Waals surface area contributed by atoms with Gasteiger partial charge in [0, 0.05) is 17.1 Å². The van der Waals surface area contributed by atoms with Gasteiger partial charge in [-0.2, -0.15) is 5.09 Å². The monoisotopic (exact) mass is 592 g/mol. The molecule has 3 aromatic rings. The number of hydrogen-bond donors (Lipinski definition) is 5. The van der Waals surface area contributed by atoms with Gasteiger partial charge in [0.2, 0.25) is 0 Å². The van der Waals surface area contributed by atoms with Gasteiger partial charge in [0.25, 0.3) is 5.56 Å². The Morgan fingerprint density at radius 2 is 1.88 bits per heavy atom. The van der Waals surface area contributed by atoms with Crippen LogP contribution in [0.5, 0.6) is 5.75 Å². The molecule has 41 heavy (non-hydrogen) atoms. The molecular weight excluding hydrogens is 559 g/mol. The molecule has 222 valence electrons. The number of nitrogens with two attached hydrogens (primary N) is 1. The predicted octanol–water partition coefficient (Wildman–Crippen LogP) is 1.04. The first-order chi connectivity index (χ1) is 19.2. The molecule has 2 aromatic carbocycles. The largest absolute Gasteiger partial charge is 0.462 e. The molecule has 1 fully saturated rings. The SMILES string of the molecule is Cc1cn([C@@H]2O[C@](N)(COP(=O)(N[C@@H](C)C(=O)OC(C)C)Oc3cccc4ccccc34)[C@@H](O)[C@H]2O)c(=O)[nH]c1=O. The molecule has 0 aliphatic carbocycles. The number of aliphatic hydroxyl groups is 2. The molecule has 0 saturated carbocycles. The summed E-state index contributed by atoms with van der Waals surface area (Å²) in [6.45, 7) is 5.32. The Labute approximate surface area is 234 Å². The molecule has 6 atom stereocenters. The Morgan fingerprint density at radius 1 is 1.20 bits per heavy atom. The number of aryl methyl sites for hydroxylation is 1. The van der Waals surface area contributed by atoms with Gasteiger partial charge in [0.15, 0.2) is 12.0 Å². The van der Waals surface area contributed by atoms with E-state index in [0.717, 1.165) is 16.2 Å². The molecule has 1 saturated heterocycles. The molecule has 6 N–H and O–H groups in total. The van der Waals surface area contributed by atoms with Crippen LogP contribution in [-0.4, -0.2) is 62.4 Å². The topological polar surface area (TPSA) is 204 Å². The summed E-state index contributed by atoms with van der Waals surface area (Å²) in [4.78, 5) is 38.7. The number of aromatic nitrogens is 2. The molecule has 1 aliphatic heterocycles. The predicted molar refractivity (Wildman–Crippen MR) is 147 cm³/mol. The lowest BCUT2D eigenvalue weighted by Crippen LogP contribution is -2.54. The number of benzene rings is 2. The Bertz CT molecular complexity index is 1580. The quantitative estimate of drug-likeness (QED) is 0.165. The van der Waals surface area contributed by atoms with Gasteiger partial charge in [-0.05, 0) is 39.1 Å². The standard InChI is InChI=1S/C26H33N4O10P/c1-14(2)38-24(34)16(4)29-41(36,40-19-11-7-9-17-8-5-6-10-18(17)19)37-13-26(27)21(32)20(31)23(39-26)30-12-15(3)22(33)28-25(30)35/h5-12,14,16,20-21,23,31-32H,13,27H2,1-4H3,(H,29,36)(H,28,33,35)/t16-,20+,21-,23+,26+,41?/m0/s1. The number of esters is 1. The minimum Gasteiger partial charge on any atom is -0.462 e. The van der Waals surface area contributed by atoms with Gasteiger partial charge in [-0.25, -0.2) is 9.36 Å². The molecule has 15 heteroatoms. The number of rotatable bonds is 10. The smallest absolute Gasteiger partial charge is 0.459 e. The van der Waals surface area contributed by atoms with E-state index in [2.05, 4.69) is 10.1 Å². The van der Waals surface area contributed by atoms with E-state index in [9.17, 15) is 29.2 Å². The molecule has 0 bridgehead atoms. The van der Waals surface area contributed by atoms with Crippen LogP contribution in [0.25, 0.3) is 10.8 Å². The minimum absolute atomic E-state index is 0.139. The van der Waals surface area contributed by atoms with Gasteiger partial charge < -0.3 is 24.2 Å². The summed E-state index contributed by atoms with van der Waals surface area (Å²) in [7, 11) is -4.48. The van der Waals surface area contributed by atoms with E-state index in [1.807, 2.05) is 18.2 Å². The van der Waals surface area contributed by atoms with Crippen molar-refractivity contribution >= 4 is 24.5 Å². The molecule has 0 radical (unpaired) electrons. The van der Waals surface area contributed by atoms with Crippen molar-refractivity contribution < 1.29 is 38.1 Å². The molecule has 0 amide bonds. The Hall–Kier alpha value is -3.36. The van der Waals surface area contributed by atoms with E-state index in [0.29, 0.717) is 5.39 Å². The third-order valence-corrected chi connectivity index (χ3v) is 7.97. The first kappa shape index (κ1) is 30.6. The number of hydrogen-bond acceptors (Lipinski definition) is 11. The number of carbonyl (C=O) groups excluding carboxylic acids is 1. The normalized spacial score (nSPS) is 24.7. The maximum Gasteiger partial charge on any atom is 0.459 e. The van der Waals surface area contributed by atoms with Crippen molar-refractivity contribution in [2.45, 2.75) is 64.0 Å². The molecule has 4 rings (SSSR count). The summed E-state index contributed by atoms with van der Waals surface area (Å²) in [6.07, 6.45) is -4.39. The first-order valence-electron chi connectivity index (χ1n) is 12.8. The van der Waals surface area contributed by atoms with E-state index in [-0.39, 0.29) is 11.3 Å². The summed E-state index contributed by atoms with van der Waals surface area (Å²) in [5.74, 6) is -0.566. The van der Waals surface area contributed by atoms with Crippen molar-refractivity contribution in [2.24, 2.45) is 5.73 Å². The second-order valence-electron chi connectivity index (χ2n) is 10.1. The highest BCUT2D eigenvalue weighted by atomic mass is 31.2. The zero-order valence-electron chi connectivity index (χ0n) is 22.8. The average Bonchev–Trinajstić information content (AvgIpc) is 3.14. The van der Waals surface area contributed by atoms with Crippen LogP contribution in [0, 0.1) is 6.92 Å². The van der Waals surface area contributed by atoms with Gasteiger partial charge in [-0.15, -0.1) is 0 Å². The summed E-state index contributed by atoms with van der Waals surface area (Å²) < 4.78 is 37.2. The first-order valence-corrected chi connectivity index (χ1v) is 14.3. The van der Waals surface area contributed by atoms with Crippen LogP contribution < -0.4 is 26.6 Å². The van der Waals surface area contributed by atoms with Gasteiger partial charge in [-0.1, -0.05) is 36.4 Å². The van der Waals surface area contributed by atoms with Gasteiger partial charge >= 0.3 is 19.4 Å². The van der Waals surface area contributed by atoms with Crippen LogP contribution in [0.3, 0.4) is 0 Å². The van der Waals surface area contributed by atoms with E-state index in [1.54, 1.807) is 38.1 Å². The van der Waals surface area contributed by atoms with E-state index in [4.69, 9.17) is 24.3 Å². The Balaban J connectivity index is 1.62. The lowest BCUT2D eigenvalue weighted by Gasteiger charge is -2.30. The van der Waals surface area contributed by atoms with Crippen molar-refractivity contribution in [3.05, 3.63) is 75.1 Å². The number of H-pyrrole nitrogens is 1. The van der Waals surface area contributed by atoms with Crippen LogP contribution in [0.2, 0.25) is 0 Å². The number of nitrogens with one attached hydrogen (secondary N) is 2. The van der Waals surface area contributed by atoms with Crippen LogP contribution in [0.15, 0.2) is 58.3 Å². The van der Waals surface area contributed by atoms with Crippen molar-refractivity contribution in [1.82, 2.24) is 14.6 Å². The zero-order chi connectivity index (χ0) is 30.1. The van der Waals surface area contributed by atoms with Gasteiger partial charge in [0.1, 0.15) is 30.6 Å². The second-order valence-corrected chi connectivity index (χ2v) is 11.7. The third kappa shape index (κ3) is 6.60. The third-order valence-electron chi connectivity index (χ3n) is 6.36. The highest BCUT2D eigenvalue weighted by Gasteiger charge is 2.54. The van der Waals surface area contributed by atoms with Crippen LogP contribution in [-0.2, 0) is 23.4 Å². The molecular formula is C26H33N4O10P. The van der Waals surface area contributed by atoms with Gasteiger partial charge in [0.05, 0.1) is 6.10 Å². The fraction of sp³-hybridized carbons (Fsp3) is 0.423. The highest BCUT2D eigenvalue weighted by molar-refractivity contribution is 7.52. The minimum atomic E-state index is -4.48. The number of fused-ring (bicyclic) bond motifs is 1. The van der Waals surface area contributed by atoms with E-state index in [1.165, 1.54) is 13.8 Å². The molecule has 0 spiro atoms. The summed E-state index contributed by atoms with van der Waals surface area (Å²) in [5.41, 5.74) is 2.64. The van der Waals surface area contributed by atoms with E-state index < -0.39 is 67.9 Å². The van der Waals surface area contributed by atoms with Crippen molar-refractivity contribution in [3.8, 4) is 5.75 Å². The fourth-order valence-electron chi connectivity index (χ4n) is 4.23. The lowest BCUT2D eigenvalue weighted by atomic mass is 10.1. The van der Waals surface area contributed by atoms with Crippen LogP contribution >= 0.6 is 7.75 Å².